The largest absolute Gasteiger partial charge is 0.497 e. The van der Waals surface area contributed by atoms with E-state index in [2.05, 4.69) is 9.88 Å². The van der Waals surface area contributed by atoms with Gasteiger partial charge in [0.2, 0.25) is 0 Å². The topological polar surface area (TPSA) is 99.9 Å². The zero-order valence-corrected chi connectivity index (χ0v) is 16.8. The summed E-state index contributed by atoms with van der Waals surface area (Å²) in [4.78, 5) is -0.0767. The molecule has 148 valence electrons. The molecule has 0 aliphatic carbocycles. The molecule has 2 aromatic carbocycles. The highest BCUT2D eigenvalue weighted by molar-refractivity contribution is 7.92. The van der Waals surface area contributed by atoms with Crippen LogP contribution in [0.3, 0.4) is 0 Å². The summed E-state index contributed by atoms with van der Waals surface area (Å²) in [6.45, 7) is 0. The predicted octanol–water partition coefficient (Wildman–Crippen LogP) is 3.82. The molecule has 1 N–H and O–H groups in total. The van der Waals surface area contributed by atoms with Crippen LogP contribution in [-0.2, 0) is 10.0 Å². The van der Waals surface area contributed by atoms with Crippen molar-refractivity contribution in [3.63, 3.8) is 0 Å². The van der Waals surface area contributed by atoms with Crippen LogP contribution in [-0.4, -0.2) is 34.9 Å². The molecule has 0 spiro atoms. The molecule has 1 heterocycles. The standard InChI is InChI=1S/C18H17ClN2O6S/c1-24-12-9-13(19)18(16(10-12)26-3)21-28(22,23)17-5-4-11(8-15(17)25-2)14-6-7-20-27-14/h4-10,21H,1-3H3. The van der Waals surface area contributed by atoms with Gasteiger partial charge in [-0.05, 0) is 18.2 Å². The average molecular weight is 425 g/mol. The van der Waals surface area contributed by atoms with Crippen LogP contribution in [0, 0.1) is 0 Å². The number of ether oxygens (including phenoxy) is 3. The lowest BCUT2D eigenvalue weighted by Gasteiger charge is -2.16. The van der Waals surface area contributed by atoms with Gasteiger partial charge in [-0.3, -0.25) is 4.72 Å². The van der Waals surface area contributed by atoms with Crippen molar-refractivity contribution >= 4 is 27.3 Å². The van der Waals surface area contributed by atoms with Gasteiger partial charge in [-0.2, -0.15) is 0 Å². The van der Waals surface area contributed by atoms with E-state index in [1.165, 1.54) is 45.7 Å². The minimum atomic E-state index is -4.04. The van der Waals surface area contributed by atoms with Gasteiger partial charge in [-0.15, -0.1) is 0 Å². The number of halogens is 1. The summed E-state index contributed by atoms with van der Waals surface area (Å²) < 4.78 is 49.1. The molecule has 0 bridgehead atoms. The van der Waals surface area contributed by atoms with Crippen LogP contribution in [0.2, 0.25) is 5.02 Å². The Morgan fingerprint density at radius 3 is 2.36 bits per heavy atom. The van der Waals surface area contributed by atoms with Crippen LogP contribution in [0.5, 0.6) is 17.2 Å². The summed E-state index contributed by atoms with van der Waals surface area (Å²) in [7, 11) is 0.198. The van der Waals surface area contributed by atoms with E-state index in [0.717, 1.165) is 0 Å². The first-order chi connectivity index (χ1) is 13.4. The van der Waals surface area contributed by atoms with Crippen molar-refractivity contribution in [1.29, 1.82) is 0 Å². The first-order valence-corrected chi connectivity index (χ1v) is 9.79. The van der Waals surface area contributed by atoms with Crippen molar-refractivity contribution in [3.8, 4) is 28.6 Å². The van der Waals surface area contributed by atoms with Crippen LogP contribution >= 0.6 is 11.6 Å². The number of rotatable bonds is 7. The molecule has 0 atom stereocenters. The van der Waals surface area contributed by atoms with E-state index < -0.39 is 10.0 Å². The number of nitrogens with one attached hydrogen (secondary N) is 1. The maximum Gasteiger partial charge on any atom is 0.265 e. The Bertz CT molecular complexity index is 1080. The molecule has 0 radical (unpaired) electrons. The van der Waals surface area contributed by atoms with Gasteiger partial charge in [0.25, 0.3) is 10.0 Å². The Hall–Kier alpha value is -2.91. The lowest BCUT2D eigenvalue weighted by Crippen LogP contribution is -2.15. The second-order valence-corrected chi connectivity index (χ2v) is 7.59. The van der Waals surface area contributed by atoms with Gasteiger partial charge in [-0.25, -0.2) is 8.42 Å². The van der Waals surface area contributed by atoms with Gasteiger partial charge < -0.3 is 18.7 Å². The summed E-state index contributed by atoms with van der Waals surface area (Å²) in [5, 5.41) is 3.76. The molecule has 10 heteroatoms. The third-order valence-corrected chi connectivity index (χ3v) is 5.58. The fourth-order valence-corrected chi connectivity index (χ4v) is 4.08. The lowest BCUT2D eigenvalue weighted by atomic mass is 10.1. The minimum absolute atomic E-state index is 0.0767. The minimum Gasteiger partial charge on any atom is -0.497 e. The number of methoxy groups -OCH3 is 3. The van der Waals surface area contributed by atoms with Gasteiger partial charge >= 0.3 is 0 Å². The van der Waals surface area contributed by atoms with Gasteiger partial charge in [0.1, 0.15) is 27.8 Å². The molecule has 0 saturated carbocycles. The van der Waals surface area contributed by atoms with Crippen molar-refractivity contribution < 1.29 is 27.2 Å². The maximum absolute atomic E-state index is 13.0. The fourth-order valence-electron chi connectivity index (χ4n) is 2.53. The molecule has 0 unspecified atom stereocenters. The van der Waals surface area contributed by atoms with Crippen molar-refractivity contribution in [3.05, 3.63) is 47.6 Å². The number of sulfonamides is 1. The van der Waals surface area contributed by atoms with E-state index >= 15 is 0 Å². The highest BCUT2D eigenvalue weighted by Gasteiger charge is 2.24. The molecule has 28 heavy (non-hydrogen) atoms. The van der Waals surface area contributed by atoms with Crippen LogP contribution in [0.25, 0.3) is 11.3 Å². The first kappa shape index (κ1) is 19.8. The van der Waals surface area contributed by atoms with Crippen LogP contribution in [0.4, 0.5) is 5.69 Å². The molecular weight excluding hydrogens is 408 g/mol. The van der Waals surface area contributed by atoms with Gasteiger partial charge in [0, 0.05) is 23.8 Å². The second kappa shape index (κ2) is 7.99. The molecule has 3 aromatic rings. The zero-order valence-electron chi connectivity index (χ0n) is 15.2. The number of aromatic nitrogens is 1. The molecule has 0 amide bonds. The molecular formula is C18H17ClN2O6S. The smallest absolute Gasteiger partial charge is 0.265 e. The normalized spacial score (nSPS) is 11.1. The number of hydrogen-bond donors (Lipinski definition) is 1. The molecule has 0 fully saturated rings. The van der Waals surface area contributed by atoms with E-state index in [0.29, 0.717) is 17.1 Å². The Kier molecular flexibility index (Phi) is 5.66. The van der Waals surface area contributed by atoms with Crippen LogP contribution < -0.4 is 18.9 Å². The van der Waals surface area contributed by atoms with E-state index in [9.17, 15) is 8.42 Å². The third-order valence-electron chi connectivity index (χ3n) is 3.90. The quantitative estimate of drug-likeness (QED) is 0.615. The monoisotopic (exact) mass is 424 g/mol. The van der Waals surface area contributed by atoms with Crippen LogP contribution in [0.1, 0.15) is 0 Å². The van der Waals surface area contributed by atoms with E-state index in [-0.39, 0.29) is 27.1 Å². The summed E-state index contributed by atoms with van der Waals surface area (Å²) in [5.41, 5.74) is 0.708. The summed E-state index contributed by atoms with van der Waals surface area (Å²) in [5.74, 6) is 1.25. The molecule has 1 aromatic heterocycles. The Morgan fingerprint density at radius 2 is 1.75 bits per heavy atom. The Balaban J connectivity index is 2.02. The number of benzene rings is 2. The summed E-state index contributed by atoms with van der Waals surface area (Å²) in [6.07, 6.45) is 1.49. The second-order valence-electron chi connectivity index (χ2n) is 5.53. The van der Waals surface area contributed by atoms with E-state index in [1.807, 2.05) is 0 Å². The Morgan fingerprint density at radius 1 is 1.00 bits per heavy atom. The lowest BCUT2D eigenvalue weighted by molar-refractivity contribution is 0.395. The highest BCUT2D eigenvalue weighted by Crippen LogP contribution is 2.39. The molecule has 8 nitrogen and oxygen atoms in total. The van der Waals surface area contributed by atoms with Crippen LogP contribution in [0.15, 0.2) is 52.0 Å². The molecule has 3 rings (SSSR count). The average Bonchev–Trinajstić information content (AvgIpc) is 3.23. The molecule has 0 aliphatic rings. The third kappa shape index (κ3) is 3.85. The molecule has 0 saturated heterocycles. The van der Waals surface area contributed by atoms with Crippen molar-refractivity contribution in [1.82, 2.24) is 5.16 Å². The van der Waals surface area contributed by atoms with Gasteiger partial charge in [-0.1, -0.05) is 16.8 Å². The highest BCUT2D eigenvalue weighted by atomic mass is 35.5. The van der Waals surface area contributed by atoms with Crippen molar-refractivity contribution in [2.45, 2.75) is 4.90 Å². The van der Waals surface area contributed by atoms with Gasteiger partial charge in [0.15, 0.2) is 5.76 Å². The summed E-state index contributed by atoms with van der Waals surface area (Å²) in [6, 6.07) is 9.19. The fraction of sp³-hybridized carbons (Fsp3) is 0.167. The SMILES string of the molecule is COc1cc(Cl)c(NS(=O)(=O)c2ccc(-c3ccno3)cc2OC)c(OC)c1. The first-order valence-electron chi connectivity index (χ1n) is 7.93. The number of nitrogens with zero attached hydrogens (tertiary/aromatic N) is 1. The zero-order chi connectivity index (χ0) is 20.3. The van der Waals surface area contributed by atoms with Gasteiger partial charge in [0.05, 0.1) is 32.5 Å². The van der Waals surface area contributed by atoms with E-state index in [1.54, 1.807) is 18.2 Å². The van der Waals surface area contributed by atoms with E-state index in [4.69, 9.17) is 30.3 Å². The Labute approximate surface area is 167 Å². The summed E-state index contributed by atoms with van der Waals surface area (Å²) >= 11 is 6.21. The molecule has 0 aliphatic heterocycles. The number of hydrogen-bond acceptors (Lipinski definition) is 7. The van der Waals surface area contributed by atoms with Crippen molar-refractivity contribution in [2.24, 2.45) is 0 Å². The number of anilines is 1. The maximum atomic E-state index is 13.0. The van der Waals surface area contributed by atoms with Crippen molar-refractivity contribution in [2.75, 3.05) is 26.1 Å². The predicted molar refractivity (Wildman–Crippen MR) is 104 cm³/mol.